The molecule has 2 rings (SSSR count). The van der Waals surface area contributed by atoms with Crippen molar-refractivity contribution in [2.24, 2.45) is 0 Å². The molecule has 0 amide bonds. The van der Waals surface area contributed by atoms with Crippen LogP contribution in [0.1, 0.15) is 17.5 Å². The van der Waals surface area contributed by atoms with E-state index in [1.807, 2.05) is 24.3 Å². The van der Waals surface area contributed by atoms with E-state index in [-0.39, 0.29) is 6.42 Å². The van der Waals surface area contributed by atoms with Gasteiger partial charge < -0.3 is 9.84 Å². The van der Waals surface area contributed by atoms with Crippen LogP contribution >= 0.6 is 0 Å². The number of benzene rings is 1. The summed E-state index contributed by atoms with van der Waals surface area (Å²) in [6, 6.07) is 7.82. The molecule has 0 spiro atoms. The summed E-state index contributed by atoms with van der Waals surface area (Å²) >= 11 is 0. The first kappa shape index (κ1) is 13.1. The van der Waals surface area contributed by atoms with Crippen LogP contribution < -0.4 is 0 Å². The van der Waals surface area contributed by atoms with E-state index in [2.05, 4.69) is 4.90 Å². The van der Waals surface area contributed by atoms with Gasteiger partial charge in [-0.15, -0.1) is 0 Å². The highest BCUT2D eigenvalue weighted by Crippen LogP contribution is 2.15. The van der Waals surface area contributed by atoms with Crippen LogP contribution in [0.25, 0.3) is 0 Å². The Kier molecular flexibility index (Phi) is 4.33. The van der Waals surface area contributed by atoms with Gasteiger partial charge >= 0.3 is 5.97 Å². The number of hydrogen-bond acceptors (Lipinski definition) is 3. The van der Waals surface area contributed by atoms with Crippen molar-refractivity contribution in [3.8, 4) is 0 Å². The molecule has 1 N–H and O–H groups in total. The van der Waals surface area contributed by atoms with Gasteiger partial charge in [-0.25, -0.2) is 0 Å². The summed E-state index contributed by atoms with van der Waals surface area (Å²) in [4.78, 5) is 12.9. The van der Waals surface area contributed by atoms with E-state index in [1.165, 1.54) is 5.56 Å². The molecule has 1 heterocycles. The number of carboxylic acids is 1. The lowest BCUT2D eigenvalue weighted by Crippen LogP contribution is -2.22. The third-order valence-electron chi connectivity index (χ3n) is 3.35. The molecule has 1 atom stereocenters. The van der Waals surface area contributed by atoms with E-state index >= 15 is 0 Å². The minimum Gasteiger partial charge on any atom is -0.481 e. The number of hydrogen-bond donors (Lipinski definition) is 1. The zero-order valence-corrected chi connectivity index (χ0v) is 10.6. The third kappa shape index (κ3) is 3.55. The molecule has 0 aliphatic carbocycles. The molecular formula is C14H19NO3. The van der Waals surface area contributed by atoms with Gasteiger partial charge in [0.2, 0.25) is 0 Å². The van der Waals surface area contributed by atoms with E-state index in [4.69, 9.17) is 9.84 Å². The van der Waals surface area contributed by atoms with Gasteiger partial charge in [-0.1, -0.05) is 24.3 Å². The van der Waals surface area contributed by atoms with Crippen molar-refractivity contribution in [1.82, 2.24) is 4.90 Å². The highest BCUT2D eigenvalue weighted by Gasteiger charge is 2.21. The smallest absolute Gasteiger partial charge is 0.307 e. The highest BCUT2D eigenvalue weighted by molar-refractivity contribution is 5.70. The first-order chi connectivity index (χ1) is 8.67. The molecule has 98 valence electrons. The predicted molar refractivity (Wildman–Crippen MR) is 68.5 cm³/mol. The Morgan fingerprint density at radius 1 is 1.39 bits per heavy atom. The van der Waals surface area contributed by atoms with Gasteiger partial charge in [0.1, 0.15) is 0 Å². The fourth-order valence-corrected chi connectivity index (χ4v) is 2.33. The maximum Gasteiger partial charge on any atom is 0.307 e. The minimum atomic E-state index is -0.787. The lowest BCUT2D eigenvalue weighted by molar-refractivity contribution is -0.136. The number of carboxylic acid groups (broad SMARTS) is 1. The zero-order chi connectivity index (χ0) is 13.0. The van der Waals surface area contributed by atoms with Crippen LogP contribution in [0.4, 0.5) is 0 Å². The summed E-state index contributed by atoms with van der Waals surface area (Å²) in [5, 5.41) is 8.70. The quantitative estimate of drug-likeness (QED) is 0.860. The van der Waals surface area contributed by atoms with E-state index in [9.17, 15) is 4.79 Å². The number of carbonyl (C=O) groups is 1. The summed E-state index contributed by atoms with van der Waals surface area (Å²) < 4.78 is 5.34. The lowest BCUT2D eigenvalue weighted by atomic mass is 10.1. The summed E-state index contributed by atoms with van der Waals surface area (Å²) in [5.74, 6) is -0.787. The van der Waals surface area contributed by atoms with Crippen LogP contribution in [0.2, 0.25) is 0 Å². The second kappa shape index (κ2) is 5.98. The normalized spacial score (nSPS) is 20.2. The first-order valence-electron chi connectivity index (χ1n) is 6.22. The largest absolute Gasteiger partial charge is 0.481 e. The Morgan fingerprint density at radius 2 is 2.06 bits per heavy atom. The maximum atomic E-state index is 10.6. The second-order valence-electron chi connectivity index (χ2n) is 4.77. The van der Waals surface area contributed by atoms with Gasteiger partial charge in [0, 0.05) is 26.7 Å². The molecule has 0 aromatic heterocycles. The zero-order valence-electron chi connectivity index (χ0n) is 10.6. The van der Waals surface area contributed by atoms with Crippen molar-refractivity contribution in [3.05, 3.63) is 35.4 Å². The third-order valence-corrected chi connectivity index (χ3v) is 3.35. The molecule has 1 fully saturated rings. The number of rotatable bonds is 5. The summed E-state index contributed by atoms with van der Waals surface area (Å²) in [5.41, 5.74) is 2.07. The minimum absolute atomic E-state index is 0.0930. The number of ether oxygens (including phenoxy) is 1. The van der Waals surface area contributed by atoms with Crippen LogP contribution in [0.3, 0.4) is 0 Å². The highest BCUT2D eigenvalue weighted by atomic mass is 16.5. The van der Waals surface area contributed by atoms with Crippen molar-refractivity contribution in [3.63, 3.8) is 0 Å². The monoisotopic (exact) mass is 249 g/mol. The van der Waals surface area contributed by atoms with Gasteiger partial charge in [-0.2, -0.15) is 0 Å². The molecule has 4 nitrogen and oxygen atoms in total. The maximum absolute atomic E-state index is 10.6. The summed E-state index contributed by atoms with van der Waals surface area (Å²) in [6.45, 7) is 2.95. The Labute approximate surface area is 107 Å². The van der Waals surface area contributed by atoms with Gasteiger partial charge in [0.25, 0.3) is 0 Å². The molecule has 0 bridgehead atoms. The molecule has 1 aliphatic heterocycles. The van der Waals surface area contributed by atoms with Gasteiger partial charge in [0.15, 0.2) is 0 Å². The van der Waals surface area contributed by atoms with E-state index in [1.54, 1.807) is 7.11 Å². The van der Waals surface area contributed by atoms with Crippen LogP contribution in [0, 0.1) is 0 Å². The SMILES string of the molecule is CO[C@@H]1CCN(Cc2ccc(CC(=O)O)cc2)C1. The molecule has 18 heavy (non-hydrogen) atoms. The molecule has 4 heteroatoms. The van der Waals surface area contributed by atoms with Crippen LogP contribution in [-0.4, -0.2) is 42.3 Å². The van der Waals surface area contributed by atoms with Gasteiger partial charge in [-0.05, 0) is 17.5 Å². The molecular weight excluding hydrogens is 230 g/mol. The van der Waals surface area contributed by atoms with Crippen molar-refractivity contribution >= 4 is 5.97 Å². The summed E-state index contributed by atoms with van der Waals surface area (Å²) in [6.07, 6.45) is 1.54. The predicted octanol–water partition coefficient (Wildman–Crippen LogP) is 1.53. The lowest BCUT2D eigenvalue weighted by Gasteiger charge is -2.15. The fourth-order valence-electron chi connectivity index (χ4n) is 2.33. The topological polar surface area (TPSA) is 49.8 Å². The Bertz CT molecular complexity index is 402. The van der Waals surface area contributed by atoms with Crippen LogP contribution in [-0.2, 0) is 22.5 Å². The molecule has 1 aromatic rings. The molecule has 0 radical (unpaired) electrons. The average molecular weight is 249 g/mol. The standard InChI is InChI=1S/C14H19NO3/c1-18-13-6-7-15(10-13)9-12-4-2-11(3-5-12)8-14(16)17/h2-5,13H,6-10H2,1H3,(H,16,17)/t13-/m1/s1. The van der Waals surface area contributed by atoms with Crippen LogP contribution in [0.5, 0.6) is 0 Å². The van der Waals surface area contributed by atoms with Crippen molar-refractivity contribution in [1.29, 1.82) is 0 Å². The number of methoxy groups -OCH3 is 1. The molecule has 1 aromatic carbocycles. The van der Waals surface area contributed by atoms with E-state index in [0.29, 0.717) is 6.10 Å². The molecule has 0 unspecified atom stereocenters. The Hall–Kier alpha value is -1.39. The van der Waals surface area contributed by atoms with Gasteiger partial charge in [0.05, 0.1) is 12.5 Å². The van der Waals surface area contributed by atoms with Crippen molar-refractivity contribution in [2.45, 2.75) is 25.5 Å². The molecule has 0 saturated carbocycles. The fraction of sp³-hybridized carbons (Fsp3) is 0.500. The number of aliphatic carboxylic acids is 1. The number of nitrogens with zero attached hydrogens (tertiary/aromatic N) is 1. The van der Waals surface area contributed by atoms with Crippen molar-refractivity contribution < 1.29 is 14.6 Å². The van der Waals surface area contributed by atoms with E-state index in [0.717, 1.165) is 31.6 Å². The summed E-state index contributed by atoms with van der Waals surface area (Å²) in [7, 11) is 1.76. The van der Waals surface area contributed by atoms with Crippen LogP contribution in [0.15, 0.2) is 24.3 Å². The molecule has 1 saturated heterocycles. The first-order valence-corrected chi connectivity index (χ1v) is 6.22. The van der Waals surface area contributed by atoms with Gasteiger partial charge in [-0.3, -0.25) is 9.69 Å². The van der Waals surface area contributed by atoms with E-state index < -0.39 is 5.97 Å². The van der Waals surface area contributed by atoms with Crippen molar-refractivity contribution in [2.75, 3.05) is 20.2 Å². The number of likely N-dealkylation sites (tertiary alicyclic amines) is 1. The Morgan fingerprint density at radius 3 is 2.61 bits per heavy atom. The second-order valence-corrected chi connectivity index (χ2v) is 4.77. The Balaban J connectivity index is 1.88. The molecule has 1 aliphatic rings. The average Bonchev–Trinajstić information content (AvgIpc) is 2.79.